The molecule has 0 saturated heterocycles. The molecule has 0 radical (unpaired) electrons. The number of hydrogen-bond donors (Lipinski definition) is 1. The molecule has 3 rings (SSSR count). The van der Waals surface area contributed by atoms with E-state index in [4.69, 9.17) is 11.6 Å². The lowest BCUT2D eigenvalue weighted by Crippen LogP contribution is -1.90. The van der Waals surface area contributed by atoms with E-state index in [9.17, 15) is 0 Å². The first-order valence-electron chi connectivity index (χ1n) is 5.46. The van der Waals surface area contributed by atoms with Crippen LogP contribution in [0.1, 0.15) is 5.69 Å². The smallest absolute Gasteiger partial charge is 0.188 e. The Kier molecular flexibility index (Phi) is 2.89. The Hall–Kier alpha value is -1.65. The first-order chi connectivity index (χ1) is 8.70. The minimum atomic E-state index is 0.731. The third-order valence-electron chi connectivity index (χ3n) is 2.51. The van der Waals surface area contributed by atoms with Crippen molar-refractivity contribution in [3.8, 4) is 0 Å². The van der Waals surface area contributed by atoms with Gasteiger partial charge >= 0.3 is 0 Å². The van der Waals surface area contributed by atoms with Gasteiger partial charge in [0.2, 0.25) is 0 Å². The molecule has 0 unspecified atom stereocenters. The van der Waals surface area contributed by atoms with Gasteiger partial charge in [-0.3, -0.25) is 4.98 Å². The fourth-order valence-electron chi connectivity index (χ4n) is 1.62. The number of hydrogen-bond acceptors (Lipinski definition) is 4. The summed E-state index contributed by atoms with van der Waals surface area (Å²) in [6.07, 6.45) is 1.80. The van der Waals surface area contributed by atoms with E-state index in [1.54, 1.807) is 17.5 Å². The van der Waals surface area contributed by atoms with Crippen LogP contribution in [-0.4, -0.2) is 9.97 Å². The number of benzene rings is 1. The number of pyridine rings is 1. The number of aromatic nitrogens is 2. The highest BCUT2D eigenvalue weighted by atomic mass is 35.5. The van der Waals surface area contributed by atoms with Crippen molar-refractivity contribution in [3.63, 3.8) is 0 Å². The molecule has 1 aromatic carbocycles. The number of halogens is 1. The largest absolute Gasteiger partial charge is 0.330 e. The van der Waals surface area contributed by atoms with Crippen LogP contribution >= 0.6 is 22.9 Å². The van der Waals surface area contributed by atoms with Crippen LogP contribution in [-0.2, 0) is 0 Å². The Morgan fingerprint density at radius 1 is 1.22 bits per heavy atom. The molecule has 2 heterocycles. The number of nitrogens with zero attached hydrogens (tertiary/aromatic N) is 2. The minimum Gasteiger partial charge on any atom is -0.330 e. The summed E-state index contributed by atoms with van der Waals surface area (Å²) in [5.41, 5.74) is 2.88. The van der Waals surface area contributed by atoms with Crippen LogP contribution in [0.25, 0.3) is 10.2 Å². The molecule has 2 aromatic heterocycles. The topological polar surface area (TPSA) is 37.8 Å². The highest BCUT2D eigenvalue weighted by molar-refractivity contribution is 7.22. The molecule has 0 atom stereocenters. The van der Waals surface area contributed by atoms with Gasteiger partial charge in [-0.05, 0) is 37.3 Å². The second-order valence-electron chi connectivity index (χ2n) is 3.94. The molecule has 0 aliphatic rings. The maximum Gasteiger partial charge on any atom is 0.188 e. The SMILES string of the molecule is Cc1ccc(Nc2nc3ccc(Cl)cc3s2)cn1. The Morgan fingerprint density at radius 3 is 2.89 bits per heavy atom. The zero-order chi connectivity index (χ0) is 12.5. The van der Waals surface area contributed by atoms with Crippen LogP contribution in [0, 0.1) is 6.92 Å². The van der Waals surface area contributed by atoms with Crippen LogP contribution in [0.3, 0.4) is 0 Å². The number of thiazole rings is 1. The number of fused-ring (bicyclic) bond motifs is 1. The van der Waals surface area contributed by atoms with E-state index in [0.29, 0.717) is 0 Å². The Labute approximate surface area is 113 Å². The monoisotopic (exact) mass is 275 g/mol. The van der Waals surface area contributed by atoms with E-state index in [1.807, 2.05) is 37.3 Å². The van der Waals surface area contributed by atoms with Crippen LogP contribution < -0.4 is 5.32 Å². The molecule has 0 bridgehead atoms. The molecule has 0 amide bonds. The Balaban J connectivity index is 1.92. The van der Waals surface area contributed by atoms with Gasteiger partial charge < -0.3 is 5.32 Å². The maximum absolute atomic E-state index is 5.95. The third kappa shape index (κ3) is 2.30. The molecular weight excluding hydrogens is 266 g/mol. The van der Waals surface area contributed by atoms with Crippen molar-refractivity contribution in [2.24, 2.45) is 0 Å². The van der Waals surface area contributed by atoms with E-state index in [0.717, 1.165) is 31.8 Å². The summed E-state index contributed by atoms with van der Waals surface area (Å²) >= 11 is 7.53. The van der Waals surface area contributed by atoms with Crippen LogP contribution in [0.15, 0.2) is 36.5 Å². The molecule has 90 valence electrons. The quantitative estimate of drug-likeness (QED) is 0.753. The third-order valence-corrected chi connectivity index (χ3v) is 3.68. The molecule has 0 aliphatic carbocycles. The summed E-state index contributed by atoms with van der Waals surface area (Å²) in [5, 5.41) is 4.82. The molecule has 18 heavy (non-hydrogen) atoms. The van der Waals surface area contributed by atoms with Gasteiger partial charge in [-0.1, -0.05) is 22.9 Å². The number of anilines is 2. The summed E-state index contributed by atoms with van der Waals surface area (Å²) < 4.78 is 1.07. The summed E-state index contributed by atoms with van der Waals surface area (Å²) in [6.45, 7) is 1.96. The normalized spacial score (nSPS) is 10.8. The second kappa shape index (κ2) is 4.55. The maximum atomic E-state index is 5.95. The minimum absolute atomic E-state index is 0.731. The van der Waals surface area contributed by atoms with Gasteiger partial charge in [-0.25, -0.2) is 4.98 Å². The highest BCUT2D eigenvalue weighted by Gasteiger charge is 2.04. The molecular formula is C13H10ClN3S. The Morgan fingerprint density at radius 2 is 2.11 bits per heavy atom. The molecule has 0 spiro atoms. The van der Waals surface area contributed by atoms with E-state index in [2.05, 4.69) is 15.3 Å². The Bertz CT molecular complexity index is 691. The summed E-state index contributed by atoms with van der Waals surface area (Å²) in [5.74, 6) is 0. The molecule has 3 aromatic rings. The van der Waals surface area contributed by atoms with Gasteiger partial charge in [0.15, 0.2) is 5.13 Å². The predicted molar refractivity (Wildman–Crippen MR) is 76.9 cm³/mol. The molecule has 0 saturated carbocycles. The van der Waals surface area contributed by atoms with Crippen LogP contribution in [0.5, 0.6) is 0 Å². The molecule has 5 heteroatoms. The average Bonchev–Trinajstić information content (AvgIpc) is 2.73. The van der Waals surface area contributed by atoms with Crippen molar-refractivity contribution < 1.29 is 0 Å². The second-order valence-corrected chi connectivity index (χ2v) is 5.41. The summed E-state index contributed by atoms with van der Waals surface area (Å²) in [6, 6.07) is 9.65. The van der Waals surface area contributed by atoms with Gasteiger partial charge in [0.1, 0.15) is 0 Å². The van der Waals surface area contributed by atoms with Gasteiger partial charge in [-0.15, -0.1) is 0 Å². The van der Waals surface area contributed by atoms with Crippen LogP contribution in [0.4, 0.5) is 10.8 Å². The zero-order valence-corrected chi connectivity index (χ0v) is 11.2. The standard InChI is InChI=1S/C13H10ClN3S/c1-8-2-4-10(7-15-8)16-13-17-11-5-3-9(14)6-12(11)18-13/h2-7H,1H3,(H,16,17). The highest BCUT2D eigenvalue weighted by Crippen LogP contribution is 2.29. The van der Waals surface area contributed by atoms with E-state index >= 15 is 0 Å². The average molecular weight is 276 g/mol. The number of aryl methyl sites for hydroxylation is 1. The summed E-state index contributed by atoms with van der Waals surface area (Å²) in [7, 11) is 0. The fourth-order valence-corrected chi connectivity index (χ4v) is 2.78. The van der Waals surface area contributed by atoms with Crippen molar-refractivity contribution in [3.05, 3.63) is 47.2 Å². The van der Waals surface area contributed by atoms with Gasteiger partial charge in [0.05, 0.1) is 22.1 Å². The lowest BCUT2D eigenvalue weighted by Gasteiger charge is -2.01. The number of rotatable bonds is 2. The van der Waals surface area contributed by atoms with Gasteiger partial charge in [0.25, 0.3) is 0 Å². The predicted octanol–water partition coefficient (Wildman–Crippen LogP) is 4.40. The summed E-state index contributed by atoms with van der Waals surface area (Å²) in [4.78, 5) is 8.73. The zero-order valence-electron chi connectivity index (χ0n) is 9.64. The fraction of sp³-hybridized carbons (Fsp3) is 0.0769. The lowest BCUT2D eigenvalue weighted by atomic mass is 10.3. The van der Waals surface area contributed by atoms with E-state index in [-0.39, 0.29) is 0 Å². The van der Waals surface area contributed by atoms with Crippen molar-refractivity contribution in [2.45, 2.75) is 6.92 Å². The molecule has 0 aliphatic heterocycles. The van der Waals surface area contributed by atoms with Crippen LogP contribution in [0.2, 0.25) is 5.02 Å². The van der Waals surface area contributed by atoms with Gasteiger partial charge in [-0.2, -0.15) is 0 Å². The molecule has 0 fully saturated rings. The van der Waals surface area contributed by atoms with Crippen molar-refractivity contribution in [2.75, 3.05) is 5.32 Å². The van der Waals surface area contributed by atoms with E-state index in [1.165, 1.54) is 0 Å². The van der Waals surface area contributed by atoms with Crippen molar-refractivity contribution in [1.29, 1.82) is 0 Å². The van der Waals surface area contributed by atoms with Crippen molar-refractivity contribution in [1.82, 2.24) is 9.97 Å². The molecule has 1 N–H and O–H groups in total. The number of nitrogens with one attached hydrogen (secondary N) is 1. The van der Waals surface area contributed by atoms with Gasteiger partial charge in [0, 0.05) is 10.7 Å². The van der Waals surface area contributed by atoms with E-state index < -0.39 is 0 Å². The first-order valence-corrected chi connectivity index (χ1v) is 6.66. The first kappa shape index (κ1) is 11.4. The molecule has 3 nitrogen and oxygen atoms in total. The lowest BCUT2D eigenvalue weighted by molar-refractivity contribution is 1.20. The van der Waals surface area contributed by atoms with Crippen molar-refractivity contribution >= 4 is 44.0 Å².